The van der Waals surface area contributed by atoms with E-state index in [1.165, 1.54) is 16.4 Å². The molecule has 1 amide bonds. The molecule has 0 spiro atoms. The fraction of sp³-hybridized carbons (Fsp3) is 0.269. The molecule has 3 aromatic carbocycles. The van der Waals surface area contributed by atoms with E-state index in [4.69, 9.17) is 4.74 Å². The molecule has 8 nitrogen and oxygen atoms in total. The normalized spacial score (nSPS) is 12.6. The number of hydrogen-bond acceptors (Lipinski definition) is 6. The molecule has 0 unspecified atom stereocenters. The molecule has 3 rings (SSSR count). The third-order valence-corrected chi connectivity index (χ3v) is 7.79. The Kier molecular flexibility index (Phi) is 8.42. The van der Waals surface area contributed by atoms with Crippen molar-refractivity contribution >= 4 is 31.5 Å². The molecule has 0 bridgehead atoms. The summed E-state index contributed by atoms with van der Waals surface area (Å²) >= 11 is 0. The highest BCUT2D eigenvalue weighted by Gasteiger charge is 2.22. The van der Waals surface area contributed by atoms with Crippen LogP contribution in [0.5, 0.6) is 5.75 Å². The van der Waals surface area contributed by atoms with Crippen molar-refractivity contribution in [2.75, 3.05) is 23.4 Å². The first-order valence-corrected chi connectivity index (χ1v) is 15.0. The number of anilines is 1. The molecular weight excluding hydrogens is 500 g/mol. The number of ether oxygens (including phenoxy) is 1. The molecule has 0 saturated carbocycles. The van der Waals surface area contributed by atoms with Crippen LogP contribution in [0, 0.1) is 0 Å². The Morgan fingerprint density at radius 3 is 2.08 bits per heavy atom. The van der Waals surface area contributed by atoms with Gasteiger partial charge in [-0.05, 0) is 61.4 Å². The summed E-state index contributed by atoms with van der Waals surface area (Å²) in [5, 5.41) is 2.89. The largest absolute Gasteiger partial charge is 0.492 e. The number of sulfonamides is 1. The molecule has 1 atom stereocenters. The molecule has 0 aromatic heterocycles. The Bertz CT molecular complexity index is 1420. The molecule has 0 heterocycles. The Balaban J connectivity index is 1.74. The summed E-state index contributed by atoms with van der Waals surface area (Å²) in [5.41, 5.74) is 2.33. The smallest absolute Gasteiger partial charge is 0.251 e. The number of carbonyl (C=O) groups excluding carboxylic acids is 1. The number of nitrogens with one attached hydrogen (secondary N) is 1. The van der Waals surface area contributed by atoms with Gasteiger partial charge in [0.15, 0.2) is 9.84 Å². The minimum Gasteiger partial charge on any atom is -0.492 e. The third kappa shape index (κ3) is 6.86. The van der Waals surface area contributed by atoms with Gasteiger partial charge in [-0.1, -0.05) is 36.4 Å². The van der Waals surface area contributed by atoms with E-state index in [2.05, 4.69) is 5.32 Å². The van der Waals surface area contributed by atoms with Crippen molar-refractivity contribution in [2.24, 2.45) is 0 Å². The van der Waals surface area contributed by atoms with E-state index in [0.717, 1.165) is 18.1 Å². The fourth-order valence-corrected chi connectivity index (χ4v) is 5.14. The maximum Gasteiger partial charge on any atom is 0.251 e. The standard InChI is InChI=1S/C26H30N2O6S2/c1-5-34-25-9-7-6-8-24(25)28(36(4,32)33)18-20-10-12-22(13-11-20)26(29)27-19(2)21-14-16-23(17-15-21)35(3,30)31/h6-17,19H,5,18H2,1-4H3,(H,27,29)/t19-/m1/s1. The predicted molar refractivity (Wildman–Crippen MR) is 141 cm³/mol. The second kappa shape index (κ2) is 11.1. The van der Waals surface area contributed by atoms with Crippen LogP contribution in [0.3, 0.4) is 0 Å². The van der Waals surface area contributed by atoms with Crippen LogP contribution >= 0.6 is 0 Å². The lowest BCUT2D eigenvalue weighted by atomic mass is 10.1. The molecule has 36 heavy (non-hydrogen) atoms. The van der Waals surface area contributed by atoms with Crippen LogP contribution in [0.25, 0.3) is 0 Å². The van der Waals surface area contributed by atoms with E-state index in [1.54, 1.807) is 60.7 Å². The number of nitrogens with zero attached hydrogens (tertiary/aromatic N) is 1. The molecule has 0 aliphatic rings. The van der Waals surface area contributed by atoms with Crippen molar-refractivity contribution in [3.63, 3.8) is 0 Å². The summed E-state index contributed by atoms with van der Waals surface area (Å²) in [7, 11) is -6.90. The molecule has 0 saturated heterocycles. The fourth-order valence-electron chi connectivity index (χ4n) is 3.62. The van der Waals surface area contributed by atoms with Crippen LogP contribution in [-0.4, -0.2) is 41.9 Å². The minimum atomic E-state index is -3.61. The topological polar surface area (TPSA) is 110 Å². The number of para-hydroxylation sites is 2. The summed E-state index contributed by atoms with van der Waals surface area (Å²) in [6, 6.07) is 19.7. The Hall–Kier alpha value is -3.37. The van der Waals surface area contributed by atoms with Crippen molar-refractivity contribution in [3.8, 4) is 5.75 Å². The summed E-state index contributed by atoms with van der Waals surface area (Å²) in [4.78, 5) is 13.0. The first kappa shape index (κ1) is 27.2. The average molecular weight is 531 g/mol. The molecule has 0 radical (unpaired) electrons. The lowest BCUT2D eigenvalue weighted by Gasteiger charge is -2.24. The van der Waals surface area contributed by atoms with E-state index in [1.807, 2.05) is 13.8 Å². The zero-order valence-electron chi connectivity index (χ0n) is 20.6. The number of amides is 1. The predicted octanol–water partition coefficient (Wildman–Crippen LogP) is 3.95. The van der Waals surface area contributed by atoms with E-state index >= 15 is 0 Å². The first-order valence-electron chi connectivity index (χ1n) is 11.3. The van der Waals surface area contributed by atoms with Crippen LogP contribution < -0.4 is 14.4 Å². The zero-order chi connectivity index (χ0) is 26.5. The molecule has 3 aromatic rings. The molecule has 0 aliphatic heterocycles. The highest BCUT2D eigenvalue weighted by molar-refractivity contribution is 7.92. The highest BCUT2D eigenvalue weighted by atomic mass is 32.2. The van der Waals surface area contributed by atoms with E-state index in [0.29, 0.717) is 29.2 Å². The summed E-state index contributed by atoms with van der Waals surface area (Å²) < 4.78 is 55.3. The Morgan fingerprint density at radius 2 is 1.53 bits per heavy atom. The number of rotatable bonds is 10. The maximum absolute atomic E-state index is 12.8. The summed E-state index contributed by atoms with van der Waals surface area (Å²) in [6.45, 7) is 4.12. The van der Waals surface area contributed by atoms with Crippen molar-refractivity contribution in [1.82, 2.24) is 5.32 Å². The van der Waals surface area contributed by atoms with Crippen molar-refractivity contribution < 1.29 is 26.4 Å². The van der Waals surface area contributed by atoms with Gasteiger partial charge < -0.3 is 10.1 Å². The molecule has 0 fully saturated rings. The molecule has 0 aliphatic carbocycles. The van der Waals surface area contributed by atoms with Crippen LogP contribution in [0.4, 0.5) is 5.69 Å². The van der Waals surface area contributed by atoms with E-state index < -0.39 is 19.9 Å². The van der Waals surface area contributed by atoms with Gasteiger partial charge in [0.1, 0.15) is 5.75 Å². The molecular formula is C26H30N2O6S2. The SMILES string of the molecule is CCOc1ccccc1N(Cc1ccc(C(=O)N[C@H](C)c2ccc(S(C)(=O)=O)cc2)cc1)S(C)(=O)=O. The van der Waals surface area contributed by atoms with Crippen molar-refractivity contribution in [2.45, 2.75) is 31.3 Å². The van der Waals surface area contributed by atoms with Crippen LogP contribution in [0.15, 0.2) is 77.7 Å². The van der Waals surface area contributed by atoms with Crippen LogP contribution in [-0.2, 0) is 26.4 Å². The summed E-state index contributed by atoms with van der Waals surface area (Å²) in [5.74, 6) is 0.169. The quantitative estimate of drug-likeness (QED) is 0.425. The van der Waals surface area contributed by atoms with Gasteiger partial charge in [0.25, 0.3) is 5.91 Å². The zero-order valence-corrected chi connectivity index (χ0v) is 22.3. The monoisotopic (exact) mass is 530 g/mol. The second-order valence-corrected chi connectivity index (χ2v) is 12.3. The number of benzene rings is 3. The Morgan fingerprint density at radius 1 is 0.917 bits per heavy atom. The van der Waals surface area contributed by atoms with Crippen molar-refractivity contribution in [1.29, 1.82) is 0 Å². The lowest BCUT2D eigenvalue weighted by Crippen LogP contribution is -2.30. The van der Waals surface area contributed by atoms with Gasteiger partial charge >= 0.3 is 0 Å². The number of sulfone groups is 1. The number of hydrogen-bond donors (Lipinski definition) is 1. The van der Waals surface area contributed by atoms with Gasteiger partial charge in [0, 0.05) is 11.8 Å². The minimum absolute atomic E-state index is 0.0773. The third-order valence-electron chi connectivity index (χ3n) is 5.53. The molecule has 1 N–H and O–H groups in total. The van der Waals surface area contributed by atoms with E-state index in [-0.39, 0.29) is 23.4 Å². The second-order valence-electron chi connectivity index (χ2n) is 8.40. The van der Waals surface area contributed by atoms with Gasteiger partial charge in [0.2, 0.25) is 10.0 Å². The van der Waals surface area contributed by atoms with Crippen LogP contribution in [0.1, 0.15) is 41.4 Å². The van der Waals surface area contributed by atoms with E-state index in [9.17, 15) is 21.6 Å². The van der Waals surface area contributed by atoms with Gasteiger partial charge in [-0.3, -0.25) is 9.10 Å². The van der Waals surface area contributed by atoms with Crippen LogP contribution in [0.2, 0.25) is 0 Å². The highest BCUT2D eigenvalue weighted by Crippen LogP contribution is 2.31. The number of carbonyl (C=O) groups is 1. The van der Waals surface area contributed by atoms with Gasteiger partial charge in [-0.15, -0.1) is 0 Å². The first-order chi connectivity index (χ1) is 16.9. The molecule has 10 heteroatoms. The lowest BCUT2D eigenvalue weighted by molar-refractivity contribution is 0.0940. The molecule has 192 valence electrons. The van der Waals surface area contributed by atoms with Crippen molar-refractivity contribution in [3.05, 3.63) is 89.5 Å². The average Bonchev–Trinajstić information content (AvgIpc) is 2.82. The van der Waals surface area contributed by atoms with Gasteiger partial charge in [-0.2, -0.15) is 0 Å². The van der Waals surface area contributed by atoms with Gasteiger partial charge in [-0.25, -0.2) is 16.8 Å². The maximum atomic E-state index is 12.8. The Labute approximate surface area is 212 Å². The van der Waals surface area contributed by atoms with Gasteiger partial charge in [0.05, 0.1) is 36.0 Å². The summed E-state index contributed by atoms with van der Waals surface area (Å²) in [6.07, 6.45) is 2.28.